The molecule has 11 nitrogen and oxygen atoms in total. The maximum Gasteiger partial charge on any atom is 0.308 e. The van der Waals surface area contributed by atoms with E-state index in [1.165, 1.54) is 23.0 Å². The average Bonchev–Trinajstić information content (AvgIpc) is 3.40. The van der Waals surface area contributed by atoms with Gasteiger partial charge in [0.15, 0.2) is 5.82 Å². The summed E-state index contributed by atoms with van der Waals surface area (Å²) < 4.78 is 25.8. The summed E-state index contributed by atoms with van der Waals surface area (Å²) in [6.45, 7) is 4.74. The summed E-state index contributed by atoms with van der Waals surface area (Å²) in [6, 6.07) is 8.06. The van der Waals surface area contributed by atoms with Crippen LogP contribution in [-0.4, -0.2) is 67.6 Å². The number of hydrogen-bond acceptors (Lipinski definition) is 9. The molecule has 5 atom stereocenters. The van der Waals surface area contributed by atoms with Gasteiger partial charge in [-0.1, -0.05) is 26.0 Å². The molecule has 198 valence electrons. The molecule has 1 aromatic carbocycles. The van der Waals surface area contributed by atoms with Crippen LogP contribution in [0.15, 0.2) is 42.7 Å². The summed E-state index contributed by atoms with van der Waals surface area (Å²) in [4.78, 5) is 28.7. The molecule has 3 aromatic rings. The zero-order chi connectivity index (χ0) is 26.9. The summed E-state index contributed by atoms with van der Waals surface area (Å²) in [5, 5.41) is 28.4. The number of amides is 1. The number of aromatic nitrogens is 3. The van der Waals surface area contributed by atoms with Crippen LogP contribution in [0.25, 0.3) is 5.52 Å². The molecule has 0 bridgehead atoms. The van der Waals surface area contributed by atoms with Gasteiger partial charge in [-0.3, -0.25) is 9.59 Å². The van der Waals surface area contributed by atoms with Crippen LogP contribution in [0.1, 0.15) is 32.0 Å². The first kappa shape index (κ1) is 26.6. The van der Waals surface area contributed by atoms with Gasteiger partial charge in [-0.2, -0.15) is 5.10 Å². The first-order valence-electron chi connectivity index (χ1n) is 11.9. The minimum atomic E-state index is -1.41. The number of carbonyl (C=O) groups excluding carboxylic acids is 2. The van der Waals surface area contributed by atoms with E-state index in [-0.39, 0.29) is 30.6 Å². The molecule has 1 fully saturated rings. The second kappa shape index (κ2) is 10.5. The van der Waals surface area contributed by atoms with E-state index in [1.807, 2.05) is 0 Å². The Kier molecular flexibility index (Phi) is 7.55. The minimum Gasteiger partial charge on any atom is -0.463 e. The summed E-state index contributed by atoms with van der Waals surface area (Å²) in [5.41, 5.74) is 6.14. The van der Waals surface area contributed by atoms with Crippen molar-refractivity contribution in [2.24, 2.45) is 11.7 Å². The summed E-state index contributed by atoms with van der Waals surface area (Å²) in [6.07, 6.45) is -2.22. The van der Waals surface area contributed by atoms with Gasteiger partial charge in [0.25, 0.3) is 0 Å². The fourth-order valence-electron chi connectivity index (χ4n) is 4.24. The topological polar surface area (TPSA) is 161 Å². The first-order chi connectivity index (χ1) is 17.5. The number of ether oxygens (including phenoxy) is 2. The molecular weight excluding hydrogens is 485 g/mol. The van der Waals surface area contributed by atoms with E-state index in [0.717, 1.165) is 0 Å². The minimum absolute atomic E-state index is 0.180. The van der Waals surface area contributed by atoms with Gasteiger partial charge in [0, 0.05) is 0 Å². The maximum atomic E-state index is 13.1. The largest absolute Gasteiger partial charge is 0.463 e. The lowest BCUT2D eigenvalue weighted by Crippen LogP contribution is -2.40. The third-order valence-electron chi connectivity index (χ3n) is 6.43. The SMILES string of the molecule is CC(C)C(=O)OC[C@H]1O[C@@](C)(c2ccc3c(NC(=O)[C@@H](N)Cc4ccc(F)cc4)ncnn23)[C@H](O)[C@@H]1O. The molecule has 0 radical (unpaired) electrons. The Morgan fingerprint density at radius 2 is 1.95 bits per heavy atom. The normalized spacial score (nSPS) is 24.4. The van der Waals surface area contributed by atoms with Crippen LogP contribution < -0.4 is 11.1 Å². The third kappa shape index (κ3) is 5.32. The van der Waals surface area contributed by atoms with Gasteiger partial charge in [0.1, 0.15) is 48.2 Å². The van der Waals surface area contributed by atoms with Crippen LogP contribution in [0.4, 0.5) is 10.2 Å². The van der Waals surface area contributed by atoms with Gasteiger partial charge in [-0.05, 0) is 43.2 Å². The lowest BCUT2D eigenvalue weighted by molar-refractivity contribution is -0.155. The standard InChI is InChI=1S/C25H30FN5O6/c1-13(2)24(35)36-11-18-20(32)21(33)25(3,37-18)19-9-8-17-22(28-12-29-31(17)19)30-23(34)16(27)10-14-4-6-15(26)7-5-14/h4-9,12-13,16,18,20-21,32-33H,10-11,27H2,1-3H3,(H,28,29,30,34)/t16-,18+,20+,21+,25-/m0/s1. The highest BCUT2D eigenvalue weighted by molar-refractivity contribution is 5.97. The third-order valence-corrected chi connectivity index (χ3v) is 6.43. The molecule has 2 aromatic heterocycles. The molecule has 37 heavy (non-hydrogen) atoms. The van der Waals surface area contributed by atoms with Gasteiger partial charge in [0.05, 0.1) is 17.7 Å². The summed E-state index contributed by atoms with van der Waals surface area (Å²) >= 11 is 0. The molecular formula is C25H30FN5O6. The second-order valence-corrected chi connectivity index (χ2v) is 9.53. The van der Waals surface area contributed by atoms with Crippen molar-refractivity contribution in [3.63, 3.8) is 0 Å². The molecule has 0 saturated carbocycles. The number of fused-ring (bicyclic) bond motifs is 1. The van der Waals surface area contributed by atoms with Crippen molar-refractivity contribution in [1.29, 1.82) is 0 Å². The number of rotatable bonds is 8. The molecule has 0 aliphatic carbocycles. The summed E-state index contributed by atoms with van der Waals surface area (Å²) in [7, 11) is 0. The fourth-order valence-corrected chi connectivity index (χ4v) is 4.24. The van der Waals surface area contributed by atoms with E-state index in [4.69, 9.17) is 15.2 Å². The van der Waals surface area contributed by atoms with Gasteiger partial charge >= 0.3 is 5.97 Å². The van der Waals surface area contributed by atoms with Crippen LogP contribution in [0.2, 0.25) is 0 Å². The van der Waals surface area contributed by atoms with E-state index < -0.39 is 41.8 Å². The fraction of sp³-hybridized carbons (Fsp3) is 0.440. The van der Waals surface area contributed by atoms with Crippen molar-refractivity contribution in [3.8, 4) is 0 Å². The van der Waals surface area contributed by atoms with E-state index in [0.29, 0.717) is 16.8 Å². The highest BCUT2D eigenvalue weighted by Gasteiger charge is 2.54. The number of esters is 1. The Labute approximate surface area is 212 Å². The monoisotopic (exact) mass is 515 g/mol. The van der Waals surface area contributed by atoms with Crippen molar-refractivity contribution >= 4 is 23.2 Å². The number of hydrogen-bond donors (Lipinski definition) is 4. The molecule has 5 N–H and O–H groups in total. The molecule has 12 heteroatoms. The lowest BCUT2D eigenvalue weighted by Gasteiger charge is -2.27. The number of carbonyl (C=O) groups is 2. The Morgan fingerprint density at radius 3 is 2.62 bits per heavy atom. The molecule has 0 spiro atoms. The number of aliphatic hydroxyl groups excluding tert-OH is 2. The van der Waals surface area contributed by atoms with Crippen LogP contribution >= 0.6 is 0 Å². The number of benzene rings is 1. The highest BCUT2D eigenvalue weighted by Crippen LogP contribution is 2.40. The average molecular weight is 516 g/mol. The predicted molar refractivity (Wildman–Crippen MR) is 130 cm³/mol. The van der Waals surface area contributed by atoms with Crippen molar-refractivity contribution in [1.82, 2.24) is 14.6 Å². The van der Waals surface area contributed by atoms with Crippen molar-refractivity contribution in [2.75, 3.05) is 11.9 Å². The number of anilines is 1. The maximum absolute atomic E-state index is 13.1. The van der Waals surface area contributed by atoms with Crippen LogP contribution in [0, 0.1) is 11.7 Å². The van der Waals surface area contributed by atoms with Crippen molar-refractivity contribution < 1.29 is 33.7 Å². The lowest BCUT2D eigenvalue weighted by atomic mass is 9.93. The highest BCUT2D eigenvalue weighted by atomic mass is 19.1. The number of nitrogens with two attached hydrogens (primary N) is 1. The molecule has 1 aliphatic rings. The number of halogens is 1. The number of nitrogens with one attached hydrogen (secondary N) is 1. The smallest absolute Gasteiger partial charge is 0.308 e. The Morgan fingerprint density at radius 1 is 1.24 bits per heavy atom. The zero-order valence-electron chi connectivity index (χ0n) is 20.7. The van der Waals surface area contributed by atoms with E-state index in [2.05, 4.69) is 15.4 Å². The molecule has 1 saturated heterocycles. The number of aliphatic hydroxyl groups is 2. The van der Waals surface area contributed by atoms with E-state index in [1.54, 1.807) is 45.0 Å². The Bertz CT molecular complexity index is 1280. The molecule has 1 aliphatic heterocycles. The molecule has 0 unspecified atom stereocenters. The van der Waals surface area contributed by atoms with Gasteiger partial charge in [-0.15, -0.1) is 0 Å². The second-order valence-electron chi connectivity index (χ2n) is 9.53. The van der Waals surface area contributed by atoms with Crippen molar-refractivity contribution in [3.05, 3.63) is 59.8 Å². The van der Waals surface area contributed by atoms with Crippen molar-refractivity contribution in [2.45, 2.75) is 57.1 Å². The van der Waals surface area contributed by atoms with Gasteiger partial charge in [-0.25, -0.2) is 13.9 Å². The zero-order valence-corrected chi connectivity index (χ0v) is 20.7. The quantitative estimate of drug-likeness (QED) is 0.320. The predicted octanol–water partition coefficient (Wildman–Crippen LogP) is 0.912. The molecule has 3 heterocycles. The van der Waals surface area contributed by atoms with Crippen LogP contribution in [0.3, 0.4) is 0 Å². The van der Waals surface area contributed by atoms with Gasteiger partial charge < -0.3 is 30.7 Å². The van der Waals surface area contributed by atoms with Crippen LogP contribution in [-0.2, 0) is 31.1 Å². The Hall–Kier alpha value is -3.45. The first-order valence-corrected chi connectivity index (χ1v) is 11.9. The van der Waals surface area contributed by atoms with E-state index in [9.17, 15) is 24.2 Å². The van der Waals surface area contributed by atoms with E-state index >= 15 is 0 Å². The molecule has 1 amide bonds. The Balaban J connectivity index is 1.52. The summed E-state index contributed by atoms with van der Waals surface area (Å²) in [5.74, 6) is -1.50. The van der Waals surface area contributed by atoms with Gasteiger partial charge in [0.2, 0.25) is 5.91 Å². The van der Waals surface area contributed by atoms with Crippen LogP contribution in [0.5, 0.6) is 0 Å². The number of nitrogens with zero attached hydrogens (tertiary/aromatic N) is 3. The molecule has 4 rings (SSSR count).